The van der Waals surface area contributed by atoms with Crippen LogP contribution in [0.2, 0.25) is 0 Å². The second kappa shape index (κ2) is 36.5. The number of carboxylic acids is 4. The van der Waals surface area contributed by atoms with Crippen molar-refractivity contribution < 1.29 is 87.5 Å². The monoisotopic (exact) mass is 1160 g/mol. The summed E-state index contributed by atoms with van der Waals surface area (Å²) >= 11 is 0. The van der Waals surface area contributed by atoms with Crippen LogP contribution in [0.15, 0.2) is 40.3 Å². The van der Waals surface area contributed by atoms with Gasteiger partial charge in [-0.2, -0.15) is 0 Å². The van der Waals surface area contributed by atoms with Crippen molar-refractivity contribution in [3.05, 3.63) is 35.9 Å². The van der Waals surface area contributed by atoms with Gasteiger partial charge in [0.05, 0.1) is 38.9 Å². The Morgan fingerprint density at radius 1 is 0.463 bits per heavy atom. The fourth-order valence-corrected chi connectivity index (χ4v) is 7.07. The van der Waals surface area contributed by atoms with Crippen LogP contribution in [0.25, 0.3) is 0 Å². The molecule has 10 amide bonds. The fourth-order valence-electron chi connectivity index (χ4n) is 7.07. The smallest absolute Gasteiger partial charge is 0.326 e. The molecule has 0 saturated heterocycles. The first-order chi connectivity index (χ1) is 38.4. The van der Waals surface area contributed by atoms with Gasteiger partial charge in [-0.1, -0.05) is 44.2 Å². The van der Waals surface area contributed by atoms with Crippen molar-refractivity contribution in [2.45, 2.75) is 120 Å². The Balaban J connectivity index is 3.29. The highest BCUT2D eigenvalue weighted by Crippen LogP contribution is 2.09. The van der Waals surface area contributed by atoms with E-state index in [0.717, 1.165) is 0 Å². The summed E-state index contributed by atoms with van der Waals surface area (Å²) in [5, 5.41) is 60.6. The first kappa shape index (κ1) is 70.3. The van der Waals surface area contributed by atoms with E-state index in [4.69, 9.17) is 28.7 Å². The molecule has 454 valence electrons. The molecule has 1 aromatic carbocycles. The molecular formula is C47H73N17O18. The summed E-state index contributed by atoms with van der Waals surface area (Å²) in [6.45, 7) is 1.91. The Morgan fingerprint density at radius 2 is 0.841 bits per heavy atom. The van der Waals surface area contributed by atoms with E-state index >= 15 is 0 Å². The largest absolute Gasteiger partial charge is 0.481 e. The molecule has 0 heterocycles. The molecule has 0 radical (unpaired) electrons. The number of aliphatic imine (C=N–C) groups is 2. The molecule has 0 aliphatic heterocycles. The molecule has 0 aliphatic rings. The van der Waals surface area contributed by atoms with Gasteiger partial charge in [0.25, 0.3) is 0 Å². The van der Waals surface area contributed by atoms with Gasteiger partial charge < -0.3 is 102 Å². The molecule has 35 heteroatoms. The SMILES string of the molecule is CC(C)[C@H](NC(=O)[C@H](CC(=O)O)NC(=O)[C@H](Cc1ccccc1)NC(=O)CNC(=O)[C@H](CC(=O)O)NC(=O)[C@H](CC(=O)O)NC(=O)[C@H](CCCN=C(N)N)NC(=O)[C@H](C)NC(=O)CNC(=O)[C@H](CCCN=C(N)N)NC(=O)CN)C(=O)O. The van der Waals surface area contributed by atoms with E-state index in [2.05, 4.69) is 57.8 Å². The third-order valence-electron chi connectivity index (χ3n) is 11.2. The lowest BCUT2D eigenvalue weighted by Gasteiger charge is -2.25. The first-order valence-electron chi connectivity index (χ1n) is 25.1. The molecule has 0 unspecified atom stereocenters. The third kappa shape index (κ3) is 28.8. The van der Waals surface area contributed by atoms with Crippen molar-refractivity contribution in [2.24, 2.45) is 44.6 Å². The van der Waals surface area contributed by atoms with Crippen molar-refractivity contribution in [1.29, 1.82) is 0 Å². The summed E-state index contributed by atoms with van der Waals surface area (Å²) in [7, 11) is 0. The van der Waals surface area contributed by atoms with Gasteiger partial charge in [0, 0.05) is 19.5 Å². The highest BCUT2D eigenvalue weighted by atomic mass is 16.4. The van der Waals surface area contributed by atoms with Gasteiger partial charge in [-0.05, 0) is 44.1 Å². The summed E-state index contributed by atoms with van der Waals surface area (Å²) < 4.78 is 0. The molecule has 0 aliphatic carbocycles. The molecule has 1 aromatic rings. The lowest BCUT2D eigenvalue weighted by Crippen LogP contribution is -2.59. The van der Waals surface area contributed by atoms with E-state index in [1.54, 1.807) is 30.3 Å². The highest BCUT2D eigenvalue weighted by molar-refractivity contribution is 5.99. The molecule has 0 spiro atoms. The van der Waals surface area contributed by atoms with E-state index in [1.165, 1.54) is 20.8 Å². The zero-order valence-electron chi connectivity index (χ0n) is 45.1. The van der Waals surface area contributed by atoms with Crippen LogP contribution in [-0.2, 0) is 73.5 Å². The van der Waals surface area contributed by atoms with Crippen molar-refractivity contribution in [3.8, 4) is 0 Å². The number of nitrogens with zero attached hydrogens (tertiary/aromatic N) is 2. The van der Waals surface area contributed by atoms with Crippen molar-refractivity contribution in [3.63, 3.8) is 0 Å². The average molecular weight is 1160 g/mol. The van der Waals surface area contributed by atoms with Crippen molar-refractivity contribution in [2.75, 3.05) is 32.7 Å². The van der Waals surface area contributed by atoms with Gasteiger partial charge in [-0.3, -0.25) is 72.3 Å². The standard InChI is InChI=1S/C47H73N17O18/c1-22(2)37(45(81)82)64-44(80)30(18-36(72)73)63-42(78)27(15-24-9-5-4-6-10-24)59-33(67)21-56-40(76)28(16-34(68)69)61-43(79)29(17-35(70)71)62-41(77)26(12-8-14-54-47(51)52)60-38(74)23(3)57-32(66)20-55-39(75)25(58-31(65)19-48)11-7-13-53-46(49)50/h4-6,9-10,22-23,25-30,37H,7-8,11-21,48H2,1-3H3,(H,55,75)(H,56,76)(H,57,66)(H,58,65)(H,59,67)(H,60,74)(H,61,79)(H,62,77)(H,63,78)(H,64,80)(H,68,69)(H,70,71)(H,72,73)(H,81,82)(H4,49,50,53)(H4,51,52,54)/t23-,25-,26-,27-,28-,29-,30-,37-/m0/s1. The molecule has 82 heavy (non-hydrogen) atoms. The second-order valence-corrected chi connectivity index (χ2v) is 18.4. The van der Waals surface area contributed by atoms with Crippen molar-refractivity contribution >= 4 is 94.9 Å². The number of rotatable bonds is 38. The number of carboxylic acid groups (broad SMARTS) is 4. The maximum atomic E-state index is 13.8. The average Bonchev–Trinajstić information content (AvgIpc) is 3.43. The number of aliphatic carboxylic acids is 4. The molecule has 0 fully saturated rings. The Kier molecular flexibility index (Phi) is 31.3. The Morgan fingerprint density at radius 3 is 1.27 bits per heavy atom. The number of hydrogen-bond donors (Lipinski definition) is 19. The normalized spacial score (nSPS) is 13.6. The minimum Gasteiger partial charge on any atom is -0.481 e. The Bertz CT molecular complexity index is 2510. The summed E-state index contributed by atoms with van der Waals surface area (Å²) in [4.78, 5) is 187. The van der Waals surface area contributed by atoms with E-state index in [0.29, 0.717) is 5.56 Å². The molecule has 0 bridgehead atoms. The van der Waals surface area contributed by atoms with Crippen LogP contribution in [0.5, 0.6) is 0 Å². The number of benzene rings is 1. The van der Waals surface area contributed by atoms with Crippen LogP contribution in [-0.4, -0.2) is 196 Å². The predicted molar refractivity (Wildman–Crippen MR) is 285 cm³/mol. The van der Waals surface area contributed by atoms with Crippen LogP contribution < -0.4 is 81.8 Å². The molecular weight excluding hydrogens is 1090 g/mol. The summed E-state index contributed by atoms with van der Waals surface area (Å²) in [5.74, 6) is -18.5. The van der Waals surface area contributed by atoms with Gasteiger partial charge in [-0.25, -0.2) is 4.79 Å². The zero-order chi connectivity index (χ0) is 62.2. The van der Waals surface area contributed by atoms with E-state index in [-0.39, 0.29) is 57.1 Å². The summed E-state index contributed by atoms with van der Waals surface area (Å²) in [6, 6.07) is -5.46. The van der Waals surface area contributed by atoms with Gasteiger partial charge in [0.2, 0.25) is 59.1 Å². The van der Waals surface area contributed by atoms with Crippen LogP contribution >= 0.6 is 0 Å². The number of nitrogens with one attached hydrogen (secondary N) is 10. The quantitative estimate of drug-likeness (QED) is 0.0166. The maximum Gasteiger partial charge on any atom is 0.326 e. The second-order valence-electron chi connectivity index (χ2n) is 18.4. The van der Waals surface area contributed by atoms with Gasteiger partial charge in [0.15, 0.2) is 11.9 Å². The lowest BCUT2D eigenvalue weighted by atomic mass is 10.0. The minimum absolute atomic E-state index is 0.0324. The van der Waals surface area contributed by atoms with Crippen LogP contribution in [0, 0.1) is 5.92 Å². The number of guanidine groups is 2. The molecule has 0 aromatic heterocycles. The van der Waals surface area contributed by atoms with E-state index < -0.39 is 176 Å². The summed E-state index contributed by atoms with van der Waals surface area (Å²) in [5.41, 5.74) is 27.1. The number of hydrogen-bond acceptors (Lipinski definition) is 17. The number of amides is 10. The van der Waals surface area contributed by atoms with Gasteiger partial charge in [-0.15, -0.1) is 0 Å². The highest BCUT2D eigenvalue weighted by Gasteiger charge is 2.35. The number of nitrogens with two attached hydrogens (primary N) is 5. The first-order valence-corrected chi connectivity index (χ1v) is 25.1. The molecule has 0 saturated carbocycles. The maximum absolute atomic E-state index is 13.8. The lowest BCUT2D eigenvalue weighted by molar-refractivity contribution is -0.144. The topological polar surface area (TPSA) is 595 Å². The third-order valence-corrected chi connectivity index (χ3v) is 11.2. The van der Waals surface area contributed by atoms with Crippen molar-refractivity contribution in [1.82, 2.24) is 53.2 Å². The number of carbonyl (C=O) groups excluding carboxylic acids is 10. The Labute approximate surface area is 468 Å². The summed E-state index contributed by atoms with van der Waals surface area (Å²) in [6.07, 6.45) is -3.77. The van der Waals surface area contributed by atoms with Crippen LogP contribution in [0.1, 0.15) is 71.3 Å². The fraction of sp³-hybridized carbons (Fsp3) is 0.532. The molecule has 1 rings (SSSR count). The predicted octanol–water partition coefficient (Wildman–Crippen LogP) is -8.41. The van der Waals surface area contributed by atoms with Crippen LogP contribution in [0.4, 0.5) is 0 Å². The van der Waals surface area contributed by atoms with E-state index in [1.807, 2.05) is 5.32 Å². The Hall–Kier alpha value is -9.70. The van der Waals surface area contributed by atoms with Gasteiger partial charge in [0.1, 0.15) is 48.3 Å². The molecule has 35 nitrogen and oxygen atoms in total. The number of carbonyl (C=O) groups is 14. The molecule has 24 N–H and O–H groups in total. The van der Waals surface area contributed by atoms with E-state index in [9.17, 15) is 87.5 Å². The zero-order valence-corrected chi connectivity index (χ0v) is 45.1. The van der Waals surface area contributed by atoms with Crippen LogP contribution in [0.3, 0.4) is 0 Å². The molecule has 8 atom stereocenters. The minimum atomic E-state index is -2.09. The van der Waals surface area contributed by atoms with Gasteiger partial charge >= 0.3 is 23.9 Å².